The fourth-order valence-corrected chi connectivity index (χ4v) is 5.96. The Morgan fingerprint density at radius 2 is 1.74 bits per heavy atom. The number of hydrogen-bond acceptors (Lipinski definition) is 4. The van der Waals surface area contributed by atoms with Crippen molar-refractivity contribution in [2.24, 2.45) is 0 Å². The summed E-state index contributed by atoms with van der Waals surface area (Å²) in [5.74, 6) is 0.617. The van der Waals surface area contributed by atoms with E-state index in [-0.39, 0.29) is 12.2 Å². The Hall–Kier alpha value is -4.03. The summed E-state index contributed by atoms with van der Waals surface area (Å²) in [6.45, 7) is 3.83. The molecule has 1 saturated heterocycles. The monoisotopic (exact) mass is 505 g/mol. The van der Waals surface area contributed by atoms with E-state index in [1.807, 2.05) is 30.3 Å². The molecule has 1 aromatic heterocycles. The van der Waals surface area contributed by atoms with Crippen LogP contribution in [-0.4, -0.2) is 35.2 Å². The minimum absolute atomic E-state index is 0.0540. The van der Waals surface area contributed by atoms with Gasteiger partial charge >= 0.3 is 0 Å². The molecule has 6 nitrogen and oxygen atoms in total. The maximum Gasteiger partial charge on any atom is 0.252 e. The topological polar surface area (TPSA) is 66.6 Å². The van der Waals surface area contributed by atoms with Crippen molar-refractivity contribution in [3.63, 3.8) is 0 Å². The maximum atomic E-state index is 13.0. The van der Waals surface area contributed by atoms with E-state index in [1.54, 1.807) is 6.26 Å². The fraction of sp³-hybridized carbons (Fsp3) is 0.281. The quantitative estimate of drug-likeness (QED) is 0.338. The predicted octanol–water partition coefficient (Wildman–Crippen LogP) is 5.98. The average Bonchev–Trinajstić information content (AvgIpc) is 3.68. The summed E-state index contributed by atoms with van der Waals surface area (Å²) in [7, 11) is 0. The van der Waals surface area contributed by atoms with Crippen LogP contribution in [0.15, 0.2) is 73.0 Å². The number of H-pyrrole nitrogens is 1. The minimum atomic E-state index is -0.374. The van der Waals surface area contributed by atoms with E-state index in [2.05, 4.69) is 51.6 Å². The van der Waals surface area contributed by atoms with E-state index >= 15 is 0 Å². The molecular formula is C32H31N3O3. The van der Waals surface area contributed by atoms with Crippen molar-refractivity contribution in [3.8, 4) is 11.3 Å². The predicted molar refractivity (Wildman–Crippen MR) is 148 cm³/mol. The number of aromatic amines is 1. The number of benzene rings is 3. The third-order valence-corrected chi connectivity index (χ3v) is 7.89. The average molecular weight is 506 g/mol. The van der Waals surface area contributed by atoms with E-state index in [4.69, 9.17) is 9.47 Å². The number of nitrogens with one attached hydrogen (secondary N) is 2. The third-order valence-electron chi connectivity index (χ3n) is 7.89. The maximum absolute atomic E-state index is 13.0. The zero-order valence-corrected chi connectivity index (χ0v) is 21.3. The number of aromatic nitrogens is 1. The van der Waals surface area contributed by atoms with Crippen molar-refractivity contribution < 1.29 is 14.3 Å². The van der Waals surface area contributed by atoms with E-state index in [9.17, 15) is 4.79 Å². The number of hydrogen-bond donors (Lipinski definition) is 2. The molecule has 4 aromatic rings. The molecule has 0 aliphatic carbocycles. The van der Waals surface area contributed by atoms with Gasteiger partial charge in [0.05, 0.1) is 5.56 Å². The standard InChI is InChI=1S/C32H31N3O3/c36-32-31-25(28-17-23-15-22(9-12-27(23)34-28)19-35-13-5-2-6-14-35)11-10-24(26(31)18-33-32)29-20-37-30(38-29)16-21-7-3-1-4-8-21/h1,3-4,7-12,15,17,20,30,34H,2,5-6,13-14,16,18-19H2,(H,33,36). The first-order valence-corrected chi connectivity index (χ1v) is 13.6. The number of carbonyl (C=O) groups excluding carboxylic acids is 1. The van der Waals surface area contributed by atoms with Crippen LogP contribution in [-0.2, 0) is 29.0 Å². The molecule has 0 bridgehead atoms. The second-order valence-corrected chi connectivity index (χ2v) is 10.5. The Balaban J connectivity index is 1.16. The smallest absolute Gasteiger partial charge is 0.252 e. The molecule has 1 unspecified atom stereocenters. The number of carbonyl (C=O) groups is 1. The van der Waals surface area contributed by atoms with Crippen molar-refractivity contribution >= 4 is 22.6 Å². The molecule has 3 aliphatic heterocycles. The summed E-state index contributed by atoms with van der Waals surface area (Å²) in [6, 6.07) is 23.0. The number of rotatable bonds is 6. The van der Waals surface area contributed by atoms with Crippen molar-refractivity contribution in [1.82, 2.24) is 15.2 Å². The zero-order valence-electron chi connectivity index (χ0n) is 21.3. The van der Waals surface area contributed by atoms with Crippen LogP contribution in [0.1, 0.15) is 51.9 Å². The van der Waals surface area contributed by atoms with Gasteiger partial charge in [-0.25, -0.2) is 0 Å². The van der Waals surface area contributed by atoms with Gasteiger partial charge in [0.25, 0.3) is 5.91 Å². The lowest BCUT2D eigenvalue weighted by molar-refractivity contribution is -0.0136. The first kappa shape index (κ1) is 23.1. The van der Waals surface area contributed by atoms with Crippen LogP contribution in [0.3, 0.4) is 0 Å². The normalized spacial score (nSPS) is 19.1. The number of ether oxygens (including phenoxy) is 2. The van der Waals surface area contributed by atoms with Crippen molar-refractivity contribution in [2.45, 2.75) is 45.1 Å². The summed E-state index contributed by atoms with van der Waals surface area (Å²) < 4.78 is 12.0. The fourth-order valence-electron chi connectivity index (χ4n) is 5.96. The van der Waals surface area contributed by atoms with Gasteiger partial charge in [-0.1, -0.05) is 55.0 Å². The van der Waals surface area contributed by atoms with Crippen LogP contribution < -0.4 is 5.32 Å². The lowest BCUT2D eigenvalue weighted by Crippen LogP contribution is -2.28. The van der Waals surface area contributed by atoms with E-state index in [0.29, 0.717) is 24.3 Å². The van der Waals surface area contributed by atoms with Gasteiger partial charge in [-0.2, -0.15) is 0 Å². The van der Waals surface area contributed by atoms with Gasteiger partial charge < -0.3 is 19.8 Å². The second-order valence-electron chi connectivity index (χ2n) is 10.5. The van der Waals surface area contributed by atoms with Gasteiger partial charge in [0.2, 0.25) is 6.29 Å². The van der Waals surface area contributed by atoms with Crippen LogP contribution in [0, 0.1) is 0 Å². The summed E-state index contributed by atoms with van der Waals surface area (Å²) in [4.78, 5) is 19.1. The molecule has 1 amide bonds. The lowest BCUT2D eigenvalue weighted by Gasteiger charge is -2.26. The largest absolute Gasteiger partial charge is 0.458 e. The SMILES string of the molecule is O=C1NCc2c(C3=COC(Cc4ccccc4)O3)ccc(-c3cc4cc(CN5CCCCC5)ccc4[nH]3)c21. The molecule has 6 heteroatoms. The number of nitrogens with zero attached hydrogens (tertiary/aromatic N) is 1. The zero-order chi connectivity index (χ0) is 25.5. The first-order chi connectivity index (χ1) is 18.7. The van der Waals surface area contributed by atoms with Gasteiger partial charge in [0.15, 0.2) is 5.76 Å². The third kappa shape index (κ3) is 4.35. The van der Waals surface area contributed by atoms with E-state index in [1.165, 1.54) is 43.3 Å². The van der Waals surface area contributed by atoms with Gasteiger partial charge in [0.1, 0.15) is 6.26 Å². The molecule has 38 heavy (non-hydrogen) atoms. The highest BCUT2D eigenvalue weighted by molar-refractivity contribution is 6.06. The van der Waals surface area contributed by atoms with Crippen LogP contribution in [0.2, 0.25) is 0 Å². The molecule has 1 fully saturated rings. The highest BCUT2D eigenvalue weighted by atomic mass is 16.7. The summed E-state index contributed by atoms with van der Waals surface area (Å²) in [5.41, 5.74) is 7.99. The Morgan fingerprint density at radius 3 is 2.61 bits per heavy atom. The Bertz CT molecular complexity index is 1530. The van der Waals surface area contributed by atoms with Crippen molar-refractivity contribution in [1.29, 1.82) is 0 Å². The van der Waals surface area contributed by atoms with Gasteiger partial charge in [-0.15, -0.1) is 0 Å². The lowest BCUT2D eigenvalue weighted by atomic mass is 9.95. The summed E-state index contributed by atoms with van der Waals surface area (Å²) in [5, 5.41) is 4.19. The van der Waals surface area contributed by atoms with Crippen molar-refractivity contribution in [3.05, 3.63) is 101 Å². The molecule has 1 atom stereocenters. The number of fused-ring (bicyclic) bond motifs is 2. The highest BCUT2D eigenvalue weighted by Gasteiger charge is 2.31. The summed E-state index contributed by atoms with van der Waals surface area (Å²) >= 11 is 0. The molecule has 3 aliphatic rings. The molecular weight excluding hydrogens is 474 g/mol. The minimum Gasteiger partial charge on any atom is -0.458 e. The summed E-state index contributed by atoms with van der Waals surface area (Å²) in [6.07, 6.45) is 5.90. The molecule has 0 radical (unpaired) electrons. The van der Waals surface area contributed by atoms with Crippen LogP contribution in [0.5, 0.6) is 0 Å². The Kier molecular flexibility index (Phi) is 5.89. The second kappa shape index (κ2) is 9.69. The number of piperidine rings is 1. The molecule has 4 heterocycles. The molecule has 3 aromatic carbocycles. The highest BCUT2D eigenvalue weighted by Crippen LogP contribution is 2.37. The van der Waals surface area contributed by atoms with Crippen molar-refractivity contribution in [2.75, 3.05) is 13.1 Å². The molecule has 7 rings (SSSR count). The molecule has 0 saturated carbocycles. The Morgan fingerprint density at radius 1 is 0.895 bits per heavy atom. The number of amides is 1. The van der Waals surface area contributed by atoms with Crippen LogP contribution in [0.4, 0.5) is 0 Å². The van der Waals surface area contributed by atoms with Crippen LogP contribution in [0.25, 0.3) is 27.9 Å². The van der Waals surface area contributed by atoms with Crippen LogP contribution >= 0.6 is 0 Å². The first-order valence-electron chi connectivity index (χ1n) is 13.6. The van der Waals surface area contributed by atoms with Gasteiger partial charge in [-0.3, -0.25) is 9.69 Å². The molecule has 0 spiro atoms. The molecule has 2 N–H and O–H groups in total. The molecule has 192 valence electrons. The van der Waals surface area contributed by atoms with E-state index in [0.717, 1.165) is 40.0 Å². The Labute approximate surface area is 222 Å². The van der Waals surface area contributed by atoms with Gasteiger partial charge in [-0.05, 0) is 60.8 Å². The van der Waals surface area contributed by atoms with E-state index < -0.39 is 0 Å². The number of likely N-dealkylation sites (tertiary alicyclic amines) is 1. The van der Waals surface area contributed by atoms with Gasteiger partial charge in [0, 0.05) is 47.2 Å².